The lowest BCUT2D eigenvalue weighted by Crippen LogP contribution is -2.38. The topological polar surface area (TPSA) is 81.1 Å². The summed E-state index contributed by atoms with van der Waals surface area (Å²) in [6.45, 7) is 4.78. The summed E-state index contributed by atoms with van der Waals surface area (Å²) in [7, 11) is -3.63. The quantitative estimate of drug-likeness (QED) is 0.839. The molecule has 7 heteroatoms. The van der Waals surface area contributed by atoms with Crippen LogP contribution >= 0.6 is 0 Å². The Morgan fingerprint density at radius 2 is 2.24 bits per heavy atom. The van der Waals surface area contributed by atoms with Gasteiger partial charge in [0.25, 0.3) is 5.91 Å². The highest BCUT2D eigenvalue weighted by atomic mass is 32.2. The molecule has 0 radical (unpaired) electrons. The molecule has 21 heavy (non-hydrogen) atoms. The Bertz CT molecular complexity index is 632. The molecule has 1 atom stereocenters. The van der Waals surface area contributed by atoms with E-state index in [2.05, 4.69) is 9.82 Å². The molecule has 0 fully saturated rings. The van der Waals surface area contributed by atoms with Gasteiger partial charge in [-0.1, -0.05) is 26.0 Å². The number of carbonyl (C=O) groups is 1. The molecule has 1 aliphatic carbocycles. The number of amides is 1. The van der Waals surface area contributed by atoms with Crippen LogP contribution in [0.15, 0.2) is 24.5 Å². The molecular weight excluding hydrogens is 290 g/mol. The van der Waals surface area contributed by atoms with Crippen molar-refractivity contribution < 1.29 is 13.2 Å². The minimum atomic E-state index is -3.63. The van der Waals surface area contributed by atoms with E-state index in [0.717, 1.165) is 6.42 Å². The number of hydrogen-bond acceptors (Lipinski definition) is 4. The van der Waals surface area contributed by atoms with Gasteiger partial charge in [0.15, 0.2) is 0 Å². The van der Waals surface area contributed by atoms with Gasteiger partial charge in [-0.2, -0.15) is 5.10 Å². The summed E-state index contributed by atoms with van der Waals surface area (Å²) in [6.07, 6.45) is 8.51. The molecule has 1 aromatic rings. The molecule has 6 nitrogen and oxygen atoms in total. The van der Waals surface area contributed by atoms with Crippen LogP contribution in [0.3, 0.4) is 0 Å². The van der Waals surface area contributed by atoms with Gasteiger partial charge in [-0.3, -0.25) is 9.48 Å². The van der Waals surface area contributed by atoms with Crippen molar-refractivity contribution in [3.63, 3.8) is 0 Å². The van der Waals surface area contributed by atoms with E-state index >= 15 is 0 Å². The fourth-order valence-electron chi connectivity index (χ4n) is 2.27. The third kappa shape index (κ3) is 4.17. The average molecular weight is 311 g/mol. The Morgan fingerprint density at radius 1 is 1.48 bits per heavy atom. The van der Waals surface area contributed by atoms with E-state index in [9.17, 15) is 13.2 Å². The van der Waals surface area contributed by atoms with Crippen molar-refractivity contribution in [3.8, 4) is 0 Å². The molecule has 1 aliphatic rings. The molecule has 1 aromatic heterocycles. The van der Waals surface area contributed by atoms with Gasteiger partial charge in [0.1, 0.15) is 0 Å². The van der Waals surface area contributed by atoms with Gasteiger partial charge < -0.3 is 0 Å². The highest BCUT2D eigenvalue weighted by molar-refractivity contribution is 7.90. The first kappa shape index (κ1) is 15.8. The van der Waals surface area contributed by atoms with E-state index in [4.69, 9.17) is 0 Å². The lowest BCUT2D eigenvalue weighted by atomic mass is 10.1. The first-order valence-electron chi connectivity index (χ1n) is 7.12. The second-order valence-corrected chi connectivity index (χ2v) is 7.69. The molecule has 116 valence electrons. The Labute approximate surface area is 125 Å². The van der Waals surface area contributed by atoms with E-state index in [1.54, 1.807) is 10.9 Å². The molecule has 2 rings (SSSR count). The van der Waals surface area contributed by atoms with Gasteiger partial charge in [0, 0.05) is 12.7 Å². The number of carbonyl (C=O) groups excluding carboxylic acids is 1. The number of nitrogens with zero attached hydrogens (tertiary/aromatic N) is 2. The number of allylic oxidation sites excluding steroid dienone is 2. The first-order chi connectivity index (χ1) is 9.88. The van der Waals surface area contributed by atoms with Crippen LogP contribution in [0.4, 0.5) is 0 Å². The van der Waals surface area contributed by atoms with Crippen molar-refractivity contribution in [2.45, 2.75) is 44.9 Å². The zero-order chi connectivity index (χ0) is 15.5. The van der Waals surface area contributed by atoms with Crippen molar-refractivity contribution >= 4 is 15.9 Å². The van der Waals surface area contributed by atoms with Crippen LogP contribution in [0.5, 0.6) is 0 Å². The molecule has 0 saturated carbocycles. The van der Waals surface area contributed by atoms with Crippen LogP contribution in [-0.2, 0) is 16.6 Å². The van der Waals surface area contributed by atoms with Crippen molar-refractivity contribution in [3.05, 3.63) is 30.1 Å². The molecule has 1 amide bonds. The smallest absolute Gasteiger partial charge is 0.267 e. The van der Waals surface area contributed by atoms with Crippen LogP contribution in [0.2, 0.25) is 0 Å². The van der Waals surface area contributed by atoms with Crippen LogP contribution in [-0.4, -0.2) is 29.4 Å². The van der Waals surface area contributed by atoms with E-state index in [1.807, 2.05) is 26.0 Å². The number of hydrogen-bond donors (Lipinski definition) is 1. The van der Waals surface area contributed by atoms with Crippen molar-refractivity contribution in [2.24, 2.45) is 5.92 Å². The SMILES string of the molecule is CC(C)Cn1cc(C(=O)NS(=O)(=O)C2CC=CCC2)cn1. The van der Waals surface area contributed by atoms with Crippen LogP contribution in [0.25, 0.3) is 0 Å². The number of sulfonamides is 1. The molecule has 0 aliphatic heterocycles. The maximum absolute atomic E-state index is 12.2. The fraction of sp³-hybridized carbons (Fsp3) is 0.571. The number of aromatic nitrogens is 2. The normalized spacial score (nSPS) is 18.9. The van der Waals surface area contributed by atoms with E-state index < -0.39 is 21.2 Å². The molecule has 0 bridgehead atoms. The van der Waals surface area contributed by atoms with E-state index in [0.29, 0.717) is 25.3 Å². The molecular formula is C14H21N3O3S. The van der Waals surface area contributed by atoms with E-state index in [1.165, 1.54) is 6.20 Å². The summed E-state index contributed by atoms with van der Waals surface area (Å²) < 4.78 is 28.1. The molecule has 1 heterocycles. The van der Waals surface area contributed by atoms with E-state index in [-0.39, 0.29) is 5.56 Å². The van der Waals surface area contributed by atoms with Gasteiger partial charge in [0.05, 0.1) is 17.0 Å². The highest BCUT2D eigenvalue weighted by Gasteiger charge is 2.27. The molecule has 0 aromatic carbocycles. The second-order valence-electron chi connectivity index (χ2n) is 5.73. The first-order valence-corrected chi connectivity index (χ1v) is 8.66. The Hall–Kier alpha value is -1.63. The Kier molecular flexibility index (Phi) is 4.82. The Balaban J connectivity index is 2.03. The molecule has 0 saturated heterocycles. The van der Waals surface area contributed by atoms with Gasteiger partial charge in [0.2, 0.25) is 10.0 Å². The predicted molar refractivity (Wildman–Crippen MR) is 80.2 cm³/mol. The lowest BCUT2D eigenvalue weighted by molar-refractivity contribution is 0.0981. The predicted octanol–water partition coefficient (Wildman–Crippen LogP) is 1.71. The van der Waals surface area contributed by atoms with Gasteiger partial charge in [-0.05, 0) is 25.2 Å². The third-order valence-corrected chi connectivity index (χ3v) is 5.12. The number of nitrogens with one attached hydrogen (secondary N) is 1. The summed E-state index contributed by atoms with van der Waals surface area (Å²) >= 11 is 0. The Morgan fingerprint density at radius 3 is 2.86 bits per heavy atom. The third-order valence-electron chi connectivity index (χ3n) is 3.34. The summed E-state index contributed by atoms with van der Waals surface area (Å²) in [4.78, 5) is 12.0. The standard InChI is InChI=1S/C14H21N3O3S/c1-11(2)9-17-10-12(8-15-17)14(18)16-21(19,20)13-6-4-3-5-7-13/h3-4,8,10-11,13H,5-7,9H2,1-2H3,(H,16,18). The molecule has 1 N–H and O–H groups in total. The monoisotopic (exact) mass is 311 g/mol. The zero-order valence-corrected chi connectivity index (χ0v) is 13.1. The van der Waals surface area contributed by atoms with Crippen LogP contribution in [0.1, 0.15) is 43.5 Å². The van der Waals surface area contributed by atoms with Crippen LogP contribution < -0.4 is 4.72 Å². The van der Waals surface area contributed by atoms with Crippen LogP contribution in [0, 0.1) is 5.92 Å². The second kappa shape index (κ2) is 6.43. The maximum Gasteiger partial charge on any atom is 0.267 e. The lowest BCUT2D eigenvalue weighted by Gasteiger charge is -2.18. The molecule has 0 spiro atoms. The van der Waals surface area contributed by atoms with Crippen molar-refractivity contribution in [1.82, 2.24) is 14.5 Å². The van der Waals surface area contributed by atoms with Gasteiger partial charge in [-0.15, -0.1) is 0 Å². The van der Waals surface area contributed by atoms with Crippen molar-refractivity contribution in [2.75, 3.05) is 0 Å². The fourth-order valence-corrected chi connectivity index (χ4v) is 3.63. The summed E-state index contributed by atoms with van der Waals surface area (Å²) in [6, 6.07) is 0. The minimum Gasteiger partial charge on any atom is -0.272 e. The zero-order valence-electron chi connectivity index (χ0n) is 12.3. The van der Waals surface area contributed by atoms with Crippen molar-refractivity contribution in [1.29, 1.82) is 0 Å². The van der Waals surface area contributed by atoms with Gasteiger partial charge in [-0.25, -0.2) is 13.1 Å². The maximum atomic E-state index is 12.2. The average Bonchev–Trinajstić information content (AvgIpc) is 2.87. The largest absolute Gasteiger partial charge is 0.272 e. The summed E-state index contributed by atoms with van der Waals surface area (Å²) in [5.41, 5.74) is 0.269. The number of rotatable bonds is 5. The summed E-state index contributed by atoms with van der Waals surface area (Å²) in [5.74, 6) is -0.210. The molecule has 1 unspecified atom stereocenters. The minimum absolute atomic E-state index is 0.269. The highest BCUT2D eigenvalue weighted by Crippen LogP contribution is 2.18. The summed E-state index contributed by atoms with van der Waals surface area (Å²) in [5, 5.41) is 3.54. The van der Waals surface area contributed by atoms with Gasteiger partial charge >= 0.3 is 0 Å².